The molecule has 1 aliphatic carbocycles. The van der Waals surface area contributed by atoms with Crippen LogP contribution in [0, 0.1) is 0 Å². The molecule has 0 amide bonds. The molecule has 0 radical (unpaired) electrons. The van der Waals surface area contributed by atoms with E-state index in [1.165, 1.54) is 0 Å². The van der Waals surface area contributed by atoms with Gasteiger partial charge in [0.05, 0.1) is 18.2 Å². The summed E-state index contributed by atoms with van der Waals surface area (Å²) in [5.41, 5.74) is 3.72. The normalized spacial score (nSPS) is 13.8. The SMILES string of the molecule is COc1ccc(C(=O)C(C)OC(=O)c2c3c(nc4ccccc24)CCC3)cc1. The molecular weight excluding hydrogens is 354 g/mol. The van der Waals surface area contributed by atoms with Gasteiger partial charge in [0.2, 0.25) is 5.78 Å². The van der Waals surface area contributed by atoms with Crippen LogP contribution < -0.4 is 4.74 Å². The number of hydrogen-bond acceptors (Lipinski definition) is 5. The number of ketones is 1. The highest BCUT2D eigenvalue weighted by atomic mass is 16.5. The maximum Gasteiger partial charge on any atom is 0.339 e. The molecular formula is C23H21NO4. The van der Waals surface area contributed by atoms with Crippen molar-refractivity contribution in [3.8, 4) is 5.75 Å². The largest absolute Gasteiger partial charge is 0.497 e. The highest BCUT2D eigenvalue weighted by molar-refractivity contribution is 6.07. The van der Waals surface area contributed by atoms with Gasteiger partial charge < -0.3 is 9.47 Å². The maximum atomic E-state index is 13.0. The Morgan fingerprint density at radius 1 is 1.04 bits per heavy atom. The molecule has 0 bridgehead atoms. The average molecular weight is 375 g/mol. The number of benzene rings is 2. The van der Waals surface area contributed by atoms with Crippen molar-refractivity contribution in [1.82, 2.24) is 4.98 Å². The second-order valence-electron chi connectivity index (χ2n) is 6.92. The number of Topliss-reactive ketones (excluding diaryl/α,β-unsaturated/α-hetero) is 1. The van der Waals surface area contributed by atoms with Crippen molar-refractivity contribution in [2.24, 2.45) is 0 Å². The fourth-order valence-electron chi connectivity index (χ4n) is 3.71. The van der Waals surface area contributed by atoms with Crippen LogP contribution in [0.4, 0.5) is 0 Å². The number of ether oxygens (including phenoxy) is 2. The zero-order chi connectivity index (χ0) is 19.7. The number of rotatable bonds is 5. The number of aromatic nitrogens is 1. The van der Waals surface area contributed by atoms with E-state index in [1.807, 2.05) is 24.3 Å². The number of hydrogen-bond donors (Lipinski definition) is 0. The molecule has 1 aliphatic rings. The van der Waals surface area contributed by atoms with Gasteiger partial charge in [-0.15, -0.1) is 0 Å². The van der Waals surface area contributed by atoms with Gasteiger partial charge in [0, 0.05) is 16.6 Å². The third-order valence-electron chi connectivity index (χ3n) is 5.15. The van der Waals surface area contributed by atoms with Crippen LogP contribution in [0.3, 0.4) is 0 Å². The van der Waals surface area contributed by atoms with Crippen molar-refractivity contribution in [2.75, 3.05) is 7.11 Å². The lowest BCUT2D eigenvalue weighted by Crippen LogP contribution is -2.25. The van der Waals surface area contributed by atoms with Crippen LogP contribution in [0.5, 0.6) is 5.75 Å². The van der Waals surface area contributed by atoms with Crippen molar-refractivity contribution < 1.29 is 19.1 Å². The molecule has 5 heteroatoms. The van der Waals surface area contributed by atoms with Crippen LogP contribution in [-0.4, -0.2) is 30.0 Å². The number of methoxy groups -OCH3 is 1. The molecule has 3 aromatic rings. The summed E-state index contributed by atoms with van der Waals surface area (Å²) in [6, 6.07) is 14.3. The third-order valence-corrected chi connectivity index (χ3v) is 5.15. The zero-order valence-electron chi connectivity index (χ0n) is 15.9. The lowest BCUT2D eigenvalue weighted by molar-refractivity contribution is 0.0319. The predicted molar refractivity (Wildman–Crippen MR) is 106 cm³/mol. The van der Waals surface area contributed by atoms with E-state index < -0.39 is 12.1 Å². The predicted octanol–water partition coefficient (Wildman–Crippen LogP) is 4.16. The lowest BCUT2D eigenvalue weighted by atomic mass is 10.0. The summed E-state index contributed by atoms with van der Waals surface area (Å²) in [5, 5.41) is 0.775. The van der Waals surface area contributed by atoms with Gasteiger partial charge in [-0.25, -0.2) is 4.79 Å². The van der Waals surface area contributed by atoms with E-state index in [2.05, 4.69) is 0 Å². The molecule has 2 aromatic carbocycles. The first-order valence-corrected chi connectivity index (χ1v) is 9.38. The lowest BCUT2D eigenvalue weighted by Gasteiger charge is -2.16. The third kappa shape index (κ3) is 3.24. The molecule has 4 rings (SSSR count). The van der Waals surface area contributed by atoms with Gasteiger partial charge in [0.25, 0.3) is 0 Å². The number of carbonyl (C=O) groups is 2. The highest BCUT2D eigenvalue weighted by Gasteiger charge is 2.27. The average Bonchev–Trinajstić information content (AvgIpc) is 3.19. The number of fused-ring (bicyclic) bond motifs is 2. The second-order valence-corrected chi connectivity index (χ2v) is 6.92. The van der Waals surface area contributed by atoms with Gasteiger partial charge in [-0.05, 0) is 62.1 Å². The zero-order valence-corrected chi connectivity index (χ0v) is 15.9. The molecule has 1 atom stereocenters. The highest BCUT2D eigenvalue weighted by Crippen LogP contribution is 2.30. The molecule has 1 unspecified atom stereocenters. The first kappa shape index (κ1) is 18.2. The first-order valence-electron chi connectivity index (χ1n) is 9.38. The molecule has 0 saturated heterocycles. The Hall–Kier alpha value is -3.21. The molecule has 0 saturated carbocycles. The number of pyridine rings is 1. The quantitative estimate of drug-likeness (QED) is 0.495. The Labute approximate surface area is 163 Å². The number of esters is 1. The number of nitrogens with zero attached hydrogens (tertiary/aromatic N) is 1. The van der Waals surface area contributed by atoms with Crippen LogP contribution in [-0.2, 0) is 17.6 Å². The minimum absolute atomic E-state index is 0.244. The van der Waals surface area contributed by atoms with E-state index >= 15 is 0 Å². The standard InChI is InChI=1S/C23H21NO4/c1-14(22(25)15-10-12-16(27-2)13-11-15)28-23(26)21-17-6-3-4-8-19(17)24-20-9-5-7-18(20)21/h3-4,6,8,10-14H,5,7,9H2,1-2H3. The summed E-state index contributed by atoms with van der Waals surface area (Å²) < 4.78 is 10.7. The van der Waals surface area contributed by atoms with E-state index in [0.717, 1.165) is 41.4 Å². The van der Waals surface area contributed by atoms with Gasteiger partial charge in [-0.3, -0.25) is 9.78 Å². The monoisotopic (exact) mass is 375 g/mol. The summed E-state index contributed by atoms with van der Waals surface area (Å²) >= 11 is 0. The second kappa shape index (κ2) is 7.43. The van der Waals surface area contributed by atoms with Crippen molar-refractivity contribution in [3.05, 3.63) is 70.9 Å². The Morgan fingerprint density at radius 2 is 1.79 bits per heavy atom. The summed E-state index contributed by atoms with van der Waals surface area (Å²) in [4.78, 5) is 30.4. The van der Waals surface area contributed by atoms with E-state index in [1.54, 1.807) is 38.3 Å². The van der Waals surface area contributed by atoms with E-state index in [4.69, 9.17) is 14.5 Å². The molecule has 0 fully saturated rings. The smallest absolute Gasteiger partial charge is 0.339 e. The van der Waals surface area contributed by atoms with Crippen LogP contribution in [0.1, 0.15) is 45.3 Å². The summed E-state index contributed by atoms with van der Waals surface area (Å²) in [5.74, 6) is -0.0443. The number of para-hydroxylation sites is 1. The fourth-order valence-corrected chi connectivity index (χ4v) is 3.71. The van der Waals surface area contributed by atoms with E-state index in [0.29, 0.717) is 16.9 Å². The summed E-state index contributed by atoms with van der Waals surface area (Å²) in [7, 11) is 1.57. The minimum Gasteiger partial charge on any atom is -0.497 e. The van der Waals surface area contributed by atoms with Crippen LogP contribution >= 0.6 is 0 Å². The molecule has 0 N–H and O–H groups in total. The molecule has 1 heterocycles. The van der Waals surface area contributed by atoms with Gasteiger partial charge in [0.15, 0.2) is 6.10 Å². The maximum absolute atomic E-state index is 13.0. The van der Waals surface area contributed by atoms with Crippen molar-refractivity contribution >= 4 is 22.7 Å². The Balaban J connectivity index is 1.62. The Morgan fingerprint density at radius 3 is 2.54 bits per heavy atom. The van der Waals surface area contributed by atoms with Crippen LogP contribution in [0.15, 0.2) is 48.5 Å². The topological polar surface area (TPSA) is 65.5 Å². The number of aryl methyl sites for hydroxylation is 1. The van der Waals surface area contributed by atoms with Crippen LogP contribution in [0.25, 0.3) is 10.9 Å². The van der Waals surface area contributed by atoms with Gasteiger partial charge in [-0.1, -0.05) is 18.2 Å². The number of carbonyl (C=O) groups excluding carboxylic acids is 2. The van der Waals surface area contributed by atoms with Crippen molar-refractivity contribution in [2.45, 2.75) is 32.3 Å². The summed E-state index contributed by atoms with van der Waals surface area (Å²) in [6.07, 6.45) is 1.75. The molecule has 142 valence electrons. The van der Waals surface area contributed by atoms with Crippen LogP contribution in [0.2, 0.25) is 0 Å². The summed E-state index contributed by atoms with van der Waals surface area (Å²) in [6.45, 7) is 1.61. The first-order chi connectivity index (χ1) is 13.6. The molecule has 28 heavy (non-hydrogen) atoms. The molecule has 0 spiro atoms. The Kier molecular flexibility index (Phi) is 4.82. The molecule has 0 aliphatic heterocycles. The van der Waals surface area contributed by atoms with E-state index in [-0.39, 0.29) is 5.78 Å². The minimum atomic E-state index is -0.884. The molecule has 1 aromatic heterocycles. The van der Waals surface area contributed by atoms with Gasteiger partial charge in [-0.2, -0.15) is 0 Å². The van der Waals surface area contributed by atoms with Crippen molar-refractivity contribution in [3.63, 3.8) is 0 Å². The van der Waals surface area contributed by atoms with Gasteiger partial charge >= 0.3 is 5.97 Å². The van der Waals surface area contributed by atoms with E-state index in [9.17, 15) is 9.59 Å². The van der Waals surface area contributed by atoms with Gasteiger partial charge in [0.1, 0.15) is 5.75 Å². The van der Waals surface area contributed by atoms with Crippen molar-refractivity contribution in [1.29, 1.82) is 0 Å². The fraction of sp³-hybridized carbons (Fsp3) is 0.261. The Bertz CT molecular complexity index is 1060. The molecule has 5 nitrogen and oxygen atoms in total.